The summed E-state index contributed by atoms with van der Waals surface area (Å²) >= 11 is 5.11. The highest BCUT2D eigenvalue weighted by Crippen LogP contribution is 2.16. The summed E-state index contributed by atoms with van der Waals surface area (Å²) in [5.41, 5.74) is 2.56. The van der Waals surface area contributed by atoms with Gasteiger partial charge in [0.15, 0.2) is 4.77 Å². The van der Waals surface area contributed by atoms with Gasteiger partial charge in [-0.1, -0.05) is 18.2 Å². The first kappa shape index (κ1) is 15.2. The number of aromatic amines is 1. The topological polar surface area (TPSA) is 66.9 Å². The summed E-state index contributed by atoms with van der Waals surface area (Å²) in [7, 11) is 1.61. The van der Waals surface area contributed by atoms with Gasteiger partial charge in [0.25, 0.3) is 11.5 Å². The molecule has 0 saturated heterocycles. The Kier molecular flexibility index (Phi) is 3.83. The van der Waals surface area contributed by atoms with Gasteiger partial charge < -0.3 is 10.3 Å². The maximum absolute atomic E-state index is 12.4. The number of benzene rings is 2. The zero-order valence-electron chi connectivity index (χ0n) is 12.7. The van der Waals surface area contributed by atoms with Crippen LogP contribution in [-0.4, -0.2) is 15.5 Å². The normalized spacial score (nSPS) is 10.7. The third kappa shape index (κ3) is 2.80. The Bertz CT molecular complexity index is 1030. The Balaban J connectivity index is 2.02. The molecule has 1 aromatic heterocycles. The zero-order chi connectivity index (χ0) is 16.6. The number of hydrogen-bond acceptors (Lipinski definition) is 3. The van der Waals surface area contributed by atoms with Crippen LogP contribution in [0.15, 0.2) is 47.3 Å². The number of carbonyl (C=O) groups is 1. The minimum atomic E-state index is -0.235. The maximum Gasteiger partial charge on any atom is 0.261 e. The molecule has 0 aliphatic heterocycles. The van der Waals surface area contributed by atoms with Gasteiger partial charge in [-0.05, 0) is 49.0 Å². The van der Waals surface area contributed by atoms with Crippen molar-refractivity contribution >= 4 is 34.7 Å². The van der Waals surface area contributed by atoms with Crippen LogP contribution in [0.4, 0.5) is 5.69 Å². The highest BCUT2D eigenvalue weighted by atomic mass is 32.1. The summed E-state index contributed by atoms with van der Waals surface area (Å²) in [6.07, 6.45) is 0. The average Bonchev–Trinajstić information content (AvgIpc) is 2.54. The van der Waals surface area contributed by atoms with Crippen molar-refractivity contribution in [1.82, 2.24) is 9.55 Å². The highest BCUT2D eigenvalue weighted by Gasteiger charge is 2.10. The second-order valence-electron chi connectivity index (χ2n) is 5.32. The Labute approximate surface area is 137 Å². The lowest BCUT2D eigenvalue weighted by Crippen LogP contribution is -2.19. The van der Waals surface area contributed by atoms with Crippen molar-refractivity contribution in [3.05, 3.63) is 68.7 Å². The van der Waals surface area contributed by atoms with Gasteiger partial charge in [0, 0.05) is 18.3 Å². The van der Waals surface area contributed by atoms with Gasteiger partial charge in [-0.2, -0.15) is 0 Å². The molecule has 0 fully saturated rings. The molecule has 3 rings (SSSR count). The lowest BCUT2D eigenvalue weighted by atomic mass is 10.1. The lowest BCUT2D eigenvalue weighted by Gasteiger charge is -2.09. The molecule has 0 atom stereocenters. The van der Waals surface area contributed by atoms with Gasteiger partial charge in [-0.3, -0.25) is 14.2 Å². The van der Waals surface area contributed by atoms with Crippen LogP contribution in [0.1, 0.15) is 15.9 Å². The second kappa shape index (κ2) is 5.81. The van der Waals surface area contributed by atoms with E-state index in [2.05, 4.69) is 10.3 Å². The Morgan fingerprint density at radius 2 is 1.96 bits per heavy atom. The first-order valence-electron chi connectivity index (χ1n) is 7.07. The monoisotopic (exact) mass is 325 g/mol. The summed E-state index contributed by atoms with van der Waals surface area (Å²) in [6, 6.07) is 12.5. The first-order chi connectivity index (χ1) is 11.0. The fraction of sp³-hybridized carbons (Fsp3) is 0.118. The molecule has 2 aromatic carbocycles. The van der Waals surface area contributed by atoms with Crippen LogP contribution in [0.5, 0.6) is 0 Å². The number of anilines is 1. The summed E-state index contributed by atoms with van der Waals surface area (Å²) in [5, 5.41) is 3.36. The van der Waals surface area contributed by atoms with Crippen LogP contribution in [0, 0.1) is 11.7 Å². The molecule has 6 heteroatoms. The molecule has 2 N–H and O–H groups in total. The van der Waals surface area contributed by atoms with Crippen molar-refractivity contribution in [3.8, 4) is 0 Å². The summed E-state index contributed by atoms with van der Waals surface area (Å²) in [6.45, 7) is 1.93. The molecule has 1 amide bonds. The van der Waals surface area contributed by atoms with E-state index in [0.29, 0.717) is 21.2 Å². The van der Waals surface area contributed by atoms with E-state index in [1.807, 2.05) is 31.2 Å². The van der Waals surface area contributed by atoms with Crippen molar-refractivity contribution in [1.29, 1.82) is 0 Å². The molecule has 1 heterocycles. The van der Waals surface area contributed by atoms with E-state index < -0.39 is 0 Å². The fourth-order valence-corrected chi connectivity index (χ4v) is 2.55. The van der Waals surface area contributed by atoms with Gasteiger partial charge in [0.2, 0.25) is 0 Å². The van der Waals surface area contributed by atoms with Crippen molar-refractivity contribution in [2.75, 3.05) is 5.32 Å². The van der Waals surface area contributed by atoms with Crippen molar-refractivity contribution in [2.45, 2.75) is 6.92 Å². The van der Waals surface area contributed by atoms with Crippen LogP contribution in [0.3, 0.4) is 0 Å². The van der Waals surface area contributed by atoms with Gasteiger partial charge in [0.05, 0.1) is 10.9 Å². The van der Waals surface area contributed by atoms with E-state index in [9.17, 15) is 9.59 Å². The number of H-pyrrole nitrogens is 1. The quantitative estimate of drug-likeness (QED) is 0.711. The smallest absolute Gasteiger partial charge is 0.261 e. The summed E-state index contributed by atoms with van der Waals surface area (Å²) in [5.74, 6) is -0.235. The van der Waals surface area contributed by atoms with Gasteiger partial charge in [0.1, 0.15) is 0 Å². The van der Waals surface area contributed by atoms with Gasteiger partial charge in [-0.25, -0.2) is 0 Å². The first-order valence-corrected chi connectivity index (χ1v) is 7.48. The van der Waals surface area contributed by atoms with E-state index in [4.69, 9.17) is 12.2 Å². The van der Waals surface area contributed by atoms with E-state index in [-0.39, 0.29) is 11.5 Å². The molecule has 5 nitrogen and oxygen atoms in total. The van der Waals surface area contributed by atoms with Crippen molar-refractivity contribution in [2.24, 2.45) is 7.05 Å². The largest absolute Gasteiger partial charge is 0.332 e. The lowest BCUT2D eigenvalue weighted by molar-refractivity contribution is 0.102. The second-order valence-corrected chi connectivity index (χ2v) is 5.71. The van der Waals surface area contributed by atoms with E-state index in [1.165, 1.54) is 4.57 Å². The molecule has 0 bridgehead atoms. The van der Waals surface area contributed by atoms with Crippen LogP contribution in [0.25, 0.3) is 10.9 Å². The molecule has 0 aliphatic carbocycles. The van der Waals surface area contributed by atoms with E-state index in [0.717, 1.165) is 11.3 Å². The van der Waals surface area contributed by atoms with Gasteiger partial charge >= 0.3 is 0 Å². The Hall–Kier alpha value is -2.73. The molecule has 0 aliphatic rings. The molecule has 3 aromatic rings. The fourth-order valence-electron chi connectivity index (χ4n) is 2.35. The van der Waals surface area contributed by atoms with Crippen molar-refractivity contribution < 1.29 is 4.79 Å². The predicted octanol–water partition coefficient (Wildman–Crippen LogP) is 3.16. The number of nitrogens with zero attached hydrogens (tertiary/aromatic N) is 1. The molecule has 116 valence electrons. The maximum atomic E-state index is 12.4. The number of aromatic nitrogens is 2. The molecule has 0 spiro atoms. The highest BCUT2D eigenvalue weighted by molar-refractivity contribution is 7.71. The third-order valence-corrected chi connectivity index (χ3v) is 4.13. The number of rotatable bonds is 2. The number of fused-ring (bicyclic) bond motifs is 1. The summed E-state index contributed by atoms with van der Waals surface area (Å²) in [4.78, 5) is 27.5. The molecular formula is C17H15N3O2S. The molecule has 23 heavy (non-hydrogen) atoms. The number of hydrogen-bond donors (Lipinski definition) is 2. The van der Waals surface area contributed by atoms with Crippen LogP contribution < -0.4 is 10.9 Å². The average molecular weight is 325 g/mol. The summed E-state index contributed by atoms with van der Waals surface area (Å²) < 4.78 is 1.68. The number of para-hydroxylation sites is 1. The molecular weight excluding hydrogens is 310 g/mol. The predicted molar refractivity (Wildman–Crippen MR) is 93.5 cm³/mol. The Morgan fingerprint density at radius 3 is 2.70 bits per heavy atom. The third-order valence-electron chi connectivity index (χ3n) is 3.76. The number of carbonyl (C=O) groups excluding carboxylic acids is 1. The van der Waals surface area contributed by atoms with Gasteiger partial charge in [-0.15, -0.1) is 0 Å². The zero-order valence-corrected chi connectivity index (χ0v) is 13.5. The van der Waals surface area contributed by atoms with Crippen LogP contribution in [0.2, 0.25) is 0 Å². The molecule has 0 saturated carbocycles. The van der Waals surface area contributed by atoms with Crippen molar-refractivity contribution in [3.63, 3.8) is 0 Å². The minimum absolute atomic E-state index is 0.186. The SMILES string of the molecule is Cc1ccccc1NC(=O)c1ccc2c(=O)n(C)c(=S)[nH]c2c1. The molecule has 0 radical (unpaired) electrons. The minimum Gasteiger partial charge on any atom is -0.332 e. The number of nitrogens with one attached hydrogen (secondary N) is 2. The number of amides is 1. The van der Waals surface area contributed by atoms with Crippen LogP contribution in [-0.2, 0) is 7.05 Å². The number of aryl methyl sites for hydroxylation is 1. The Morgan fingerprint density at radius 1 is 1.22 bits per heavy atom. The molecule has 0 unspecified atom stereocenters. The van der Waals surface area contributed by atoms with E-state index in [1.54, 1.807) is 25.2 Å². The van der Waals surface area contributed by atoms with Crippen LogP contribution >= 0.6 is 12.2 Å². The standard InChI is InChI=1S/C17H15N3O2S/c1-10-5-3-4-6-13(10)18-15(21)11-7-8-12-14(9-11)19-17(23)20(2)16(12)22/h3-9H,1-2H3,(H,18,21)(H,19,23). The van der Waals surface area contributed by atoms with E-state index >= 15 is 0 Å².